The van der Waals surface area contributed by atoms with Crippen LogP contribution in [0, 0.1) is 5.82 Å². The van der Waals surface area contributed by atoms with E-state index in [1.807, 2.05) is 30.3 Å². The minimum Gasteiger partial charge on any atom is -0.447 e. The van der Waals surface area contributed by atoms with Crippen molar-refractivity contribution >= 4 is 17.9 Å². The molecule has 3 atom stereocenters. The highest BCUT2D eigenvalue weighted by atomic mass is 19.1. The Bertz CT molecular complexity index is 949. The smallest absolute Gasteiger partial charge is 0.417 e. The van der Waals surface area contributed by atoms with Gasteiger partial charge in [0.2, 0.25) is 5.91 Å². The maximum atomic E-state index is 14.4. The van der Waals surface area contributed by atoms with Gasteiger partial charge in [-0.25, -0.2) is 14.1 Å². The highest BCUT2D eigenvalue weighted by Crippen LogP contribution is 2.37. The van der Waals surface area contributed by atoms with Crippen molar-refractivity contribution in [1.29, 1.82) is 0 Å². The summed E-state index contributed by atoms with van der Waals surface area (Å²) in [6.07, 6.45) is -0.261. The molecule has 6 nitrogen and oxygen atoms in total. The third-order valence-electron chi connectivity index (χ3n) is 5.66. The number of halogens is 1. The highest BCUT2D eigenvalue weighted by Gasteiger charge is 2.49. The van der Waals surface area contributed by atoms with Gasteiger partial charge in [-0.2, -0.15) is 0 Å². The van der Waals surface area contributed by atoms with Crippen LogP contribution in [0.5, 0.6) is 0 Å². The quantitative estimate of drug-likeness (QED) is 0.797. The summed E-state index contributed by atoms with van der Waals surface area (Å²) in [4.78, 5) is 40.6. The van der Waals surface area contributed by atoms with Crippen LogP contribution in [-0.2, 0) is 20.7 Å². The molecule has 2 saturated heterocycles. The number of ether oxygens (including phenoxy) is 1. The van der Waals surface area contributed by atoms with Crippen LogP contribution in [0.25, 0.3) is 0 Å². The van der Waals surface area contributed by atoms with E-state index < -0.39 is 35.8 Å². The topological polar surface area (TPSA) is 66.9 Å². The van der Waals surface area contributed by atoms with Crippen molar-refractivity contribution in [2.24, 2.45) is 0 Å². The Labute approximate surface area is 167 Å². The van der Waals surface area contributed by atoms with Crippen molar-refractivity contribution in [1.82, 2.24) is 9.80 Å². The number of hydrogen-bond acceptors (Lipinski definition) is 4. The predicted molar refractivity (Wildman–Crippen MR) is 102 cm³/mol. The van der Waals surface area contributed by atoms with Gasteiger partial charge in [0.05, 0.1) is 6.04 Å². The third-order valence-corrected chi connectivity index (χ3v) is 5.66. The van der Waals surface area contributed by atoms with Gasteiger partial charge in [0.15, 0.2) is 0 Å². The maximum Gasteiger partial charge on any atom is 0.417 e. The predicted octanol–water partition coefficient (Wildman–Crippen LogP) is 2.73. The van der Waals surface area contributed by atoms with E-state index in [9.17, 15) is 18.8 Å². The maximum absolute atomic E-state index is 14.4. The van der Waals surface area contributed by atoms with Gasteiger partial charge in [0.25, 0.3) is 5.91 Å². The summed E-state index contributed by atoms with van der Waals surface area (Å²) in [6.45, 7) is 0.0915. The highest BCUT2D eigenvalue weighted by molar-refractivity contribution is 6.00. The van der Waals surface area contributed by atoms with Gasteiger partial charge in [-0.1, -0.05) is 48.5 Å². The summed E-state index contributed by atoms with van der Waals surface area (Å²) < 4.78 is 19.6. The number of carbonyl (C=O) groups excluding carboxylic acids is 3. The number of carbonyl (C=O) groups is 3. The normalized spacial score (nSPS) is 24.1. The van der Waals surface area contributed by atoms with Crippen molar-refractivity contribution in [3.05, 3.63) is 71.5 Å². The number of nitrogens with zero attached hydrogens (tertiary/aromatic N) is 2. The van der Waals surface area contributed by atoms with Crippen molar-refractivity contribution < 1.29 is 23.5 Å². The summed E-state index contributed by atoms with van der Waals surface area (Å²) >= 11 is 0. The van der Waals surface area contributed by atoms with Gasteiger partial charge in [-0.15, -0.1) is 0 Å². The molecule has 0 unspecified atom stereocenters. The van der Waals surface area contributed by atoms with Crippen LogP contribution in [0.3, 0.4) is 0 Å². The Kier molecular flexibility index (Phi) is 5.05. The summed E-state index contributed by atoms with van der Waals surface area (Å²) in [5.41, 5.74) is 1.27. The molecule has 2 fully saturated rings. The first-order chi connectivity index (χ1) is 14.0. The van der Waals surface area contributed by atoms with E-state index in [4.69, 9.17) is 4.74 Å². The first-order valence-electron chi connectivity index (χ1n) is 9.51. The molecular formula is C22H21FN2O4. The average Bonchev–Trinajstić information content (AvgIpc) is 3.22. The molecule has 2 aromatic rings. The second kappa shape index (κ2) is 7.66. The fourth-order valence-corrected chi connectivity index (χ4v) is 4.17. The van der Waals surface area contributed by atoms with Gasteiger partial charge in [-0.3, -0.25) is 9.59 Å². The van der Waals surface area contributed by atoms with Gasteiger partial charge in [-0.05, 0) is 23.6 Å². The lowest BCUT2D eigenvalue weighted by atomic mass is 9.90. The molecule has 150 valence electrons. The van der Waals surface area contributed by atoms with E-state index in [1.54, 1.807) is 18.2 Å². The molecule has 2 aromatic carbocycles. The molecule has 0 aromatic heterocycles. The van der Waals surface area contributed by atoms with Crippen molar-refractivity contribution in [2.75, 3.05) is 13.7 Å². The third kappa shape index (κ3) is 3.48. The molecule has 2 aliphatic heterocycles. The number of amides is 3. The minimum absolute atomic E-state index is 0.0140. The van der Waals surface area contributed by atoms with E-state index in [0.717, 1.165) is 10.5 Å². The SMILES string of the molecule is CN1C(=O)C[C@H](c2ccccc2F)[C@@H]1C(=O)N1C(=O)OC[C@@H]1Cc1ccccc1. The zero-order valence-electron chi connectivity index (χ0n) is 16.0. The van der Waals surface area contributed by atoms with E-state index >= 15 is 0 Å². The van der Waals surface area contributed by atoms with Crippen molar-refractivity contribution in [2.45, 2.75) is 30.8 Å². The van der Waals surface area contributed by atoms with Gasteiger partial charge in [0.1, 0.15) is 18.5 Å². The standard InChI is InChI=1S/C22H21FN2O4/c1-24-19(26)12-17(16-9-5-6-10-18(16)23)20(24)21(27)25-15(13-29-22(25)28)11-14-7-3-2-4-8-14/h2-10,15,17,20H,11-13H2,1H3/t15-,17+,20+/m0/s1. The monoisotopic (exact) mass is 396 g/mol. The zero-order valence-corrected chi connectivity index (χ0v) is 16.0. The Morgan fingerprint density at radius 3 is 2.52 bits per heavy atom. The van der Waals surface area contributed by atoms with Crippen LogP contribution >= 0.6 is 0 Å². The molecule has 0 bridgehead atoms. The lowest BCUT2D eigenvalue weighted by Crippen LogP contribution is -2.51. The molecule has 2 heterocycles. The van der Waals surface area contributed by atoms with Crippen LogP contribution in [0.2, 0.25) is 0 Å². The summed E-state index contributed by atoms with van der Waals surface area (Å²) in [5, 5.41) is 0. The Morgan fingerprint density at radius 1 is 1.10 bits per heavy atom. The van der Waals surface area contributed by atoms with Crippen LogP contribution in [0.15, 0.2) is 54.6 Å². The molecule has 7 heteroatoms. The van der Waals surface area contributed by atoms with Crippen molar-refractivity contribution in [3.8, 4) is 0 Å². The summed E-state index contributed by atoms with van der Waals surface area (Å²) in [6, 6.07) is 14.2. The fraction of sp³-hybridized carbons (Fsp3) is 0.318. The molecule has 3 amide bonds. The van der Waals surface area contributed by atoms with E-state index in [2.05, 4.69) is 0 Å². The number of hydrogen-bond donors (Lipinski definition) is 0. The molecule has 29 heavy (non-hydrogen) atoms. The minimum atomic E-state index is -0.955. The average molecular weight is 396 g/mol. The van der Waals surface area contributed by atoms with Crippen LogP contribution in [-0.4, -0.2) is 53.4 Å². The van der Waals surface area contributed by atoms with Crippen molar-refractivity contribution in [3.63, 3.8) is 0 Å². The molecule has 4 rings (SSSR count). The lowest BCUT2D eigenvalue weighted by Gasteiger charge is -2.29. The van der Waals surface area contributed by atoms with E-state index in [1.165, 1.54) is 18.0 Å². The molecule has 0 N–H and O–H groups in total. The Balaban J connectivity index is 1.64. The number of imide groups is 1. The molecule has 0 spiro atoms. The second-order valence-electron chi connectivity index (χ2n) is 7.41. The van der Waals surface area contributed by atoms with E-state index in [-0.39, 0.29) is 18.9 Å². The largest absolute Gasteiger partial charge is 0.447 e. The van der Waals surface area contributed by atoms with Gasteiger partial charge in [0, 0.05) is 19.4 Å². The lowest BCUT2D eigenvalue weighted by molar-refractivity contribution is -0.139. The van der Waals surface area contributed by atoms with E-state index in [0.29, 0.717) is 12.0 Å². The summed E-state index contributed by atoms with van der Waals surface area (Å²) in [7, 11) is 1.51. The molecule has 0 aliphatic carbocycles. The number of likely N-dealkylation sites (N-methyl/N-ethyl adjacent to an activating group) is 1. The second-order valence-corrected chi connectivity index (χ2v) is 7.41. The van der Waals surface area contributed by atoms with Crippen LogP contribution in [0.4, 0.5) is 9.18 Å². The number of likely N-dealkylation sites (tertiary alicyclic amines) is 1. The summed E-state index contributed by atoms with van der Waals surface area (Å²) in [5.74, 6) is -1.92. The molecule has 2 aliphatic rings. The Hall–Kier alpha value is -3.22. The molecular weight excluding hydrogens is 375 g/mol. The fourth-order valence-electron chi connectivity index (χ4n) is 4.17. The van der Waals surface area contributed by atoms with Gasteiger partial charge >= 0.3 is 6.09 Å². The first kappa shape index (κ1) is 19.1. The van der Waals surface area contributed by atoms with Crippen LogP contribution in [0.1, 0.15) is 23.5 Å². The number of benzene rings is 2. The molecule has 0 saturated carbocycles. The van der Waals surface area contributed by atoms with Crippen LogP contribution < -0.4 is 0 Å². The Morgan fingerprint density at radius 2 is 1.79 bits per heavy atom. The number of rotatable bonds is 4. The number of cyclic esters (lactones) is 1. The first-order valence-corrected chi connectivity index (χ1v) is 9.51. The molecule has 0 radical (unpaired) electrons. The zero-order chi connectivity index (χ0) is 20.5. The van der Waals surface area contributed by atoms with Gasteiger partial charge < -0.3 is 9.64 Å².